The number of hydrogen-bond acceptors (Lipinski definition) is 4. The van der Waals surface area contributed by atoms with E-state index in [4.69, 9.17) is 28.2 Å². The van der Waals surface area contributed by atoms with E-state index in [9.17, 15) is 4.79 Å². The van der Waals surface area contributed by atoms with Gasteiger partial charge in [0.25, 0.3) is 5.56 Å². The van der Waals surface area contributed by atoms with Gasteiger partial charge in [0.2, 0.25) is 5.95 Å². The van der Waals surface area contributed by atoms with Crippen LogP contribution in [0, 0.1) is 18.8 Å². The van der Waals surface area contributed by atoms with E-state index in [0.29, 0.717) is 53.6 Å². The number of anilines is 2. The Morgan fingerprint density at radius 1 is 1.10 bits per heavy atom. The standard InChI is InChI=1S/C23H30Cl2N4O/c1-5-20-16(4)26-23-28(19-10-17(24)9-18(25)11-19)12-27(13-29(23)22(20)30)21-8-6-7-14(2)15(21)3/h9-11,14-15,21H,5-8,12-13H2,1-4H3. The average Bonchev–Trinajstić information content (AvgIpc) is 2.69. The molecule has 5 nitrogen and oxygen atoms in total. The minimum Gasteiger partial charge on any atom is -0.298 e. The summed E-state index contributed by atoms with van der Waals surface area (Å²) in [5.74, 6) is 1.92. The van der Waals surface area contributed by atoms with Gasteiger partial charge in [0.15, 0.2) is 0 Å². The number of aryl methyl sites for hydroxylation is 1. The molecule has 0 radical (unpaired) electrons. The van der Waals surface area contributed by atoms with Crippen molar-refractivity contribution in [2.75, 3.05) is 11.6 Å². The Kier molecular flexibility index (Phi) is 6.16. The number of aromatic nitrogens is 2. The zero-order valence-electron chi connectivity index (χ0n) is 18.2. The van der Waals surface area contributed by atoms with Crippen LogP contribution in [0.25, 0.3) is 0 Å². The number of halogens is 2. The van der Waals surface area contributed by atoms with Crippen LogP contribution in [0.2, 0.25) is 10.0 Å². The molecule has 1 fully saturated rings. The maximum Gasteiger partial charge on any atom is 0.259 e. The number of fused-ring (bicyclic) bond motifs is 1. The quantitative estimate of drug-likeness (QED) is 0.611. The molecular weight excluding hydrogens is 419 g/mol. The summed E-state index contributed by atoms with van der Waals surface area (Å²) in [6.45, 7) is 9.85. The fourth-order valence-corrected chi connectivity index (χ4v) is 5.58. The molecule has 2 aliphatic rings. The summed E-state index contributed by atoms with van der Waals surface area (Å²) in [5, 5.41) is 1.15. The SMILES string of the molecule is CCc1c(C)nc2n(c1=O)CN(C1CCCC(C)C1C)CN2c1cc(Cl)cc(Cl)c1. The molecule has 7 heteroatoms. The molecule has 4 rings (SSSR count). The topological polar surface area (TPSA) is 41.4 Å². The van der Waals surface area contributed by atoms with Crippen LogP contribution < -0.4 is 10.5 Å². The number of hydrogen-bond donors (Lipinski definition) is 0. The van der Waals surface area contributed by atoms with Gasteiger partial charge in [-0.2, -0.15) is 0 Å². The zero-order valence-corrected chi connectivity index (χ0v) is 19.7. The van der Waals surface area contributed by atoms with E-state index in [1.54, 1.807) is 6.07 Å². The predicted octanol–water partition coefficient (Wildman–Crippen LogP) is 5.61. The Balaban J connectivity index is 1.84. The molecule has 1 aliphatic carbocycles. The van der Waals surface area contributed by atoms with E-state index < -0.39 is 0 Å². The first-order chi connectivity index (χ1) is 14.3. The summed E-state index contributed by atoms with van der Waals surface area (Å²) in [4.78, 5) is 22.7. The van der Waals surface area contributed by atoms with Gasteiger partial charge < -0.3 is 0 Å². The molecule has 3 atom stereocenters. The molecule has 30 heavy (non-hydrogen) atoms. The summed E-state index contributed by atoms with van der Waals surface area (Å²) >= 11 is 12.6. The van der Waals surface area contributed by atoms with Crippen molar-refractivity contribution in [3.05, 3.63) is 49.9 Å². The van der Waals surface area contributed by atoms with Crippen molar-refractivity contribution in [1.82, 2.24) is 14.5 Å². The highest BCUT2D eigenvalue weighted by atomic mass is 35.5. The van der Waals surface area contributed by atoms with Crippen molar-refractivity contribution >= 4 is 34.8 Å². The summed E-state index contributed by atoms with van der Waals surface area (Å²) in [6, 6.07) is 5.94. The molecule has 2 heterocycles. The first-order valence-corrected chi connectivity index (χ1v) is 11.6. The van der Waals surface area contributed by atoms with Crippen LogP contribution in [0.15, 0.2) is 23.0 Å². The fraction of sp³-hybridized carbons (Fsp3) is 0.565. The Morgan fingerprint density at radius 2 is 1.80 bits per heavy atom. The van der Waals surface area contributed by atoms with Gasteiger partial charge in [-0.05, 0) is 49.8 Å². The van der Waals surface area contributed by atoms with E-state index >= 15 is 0 Å². The van der Waals surface area contributed by atoms with E-state index in [1.807, 2.05) is 30.5 Å². The third-order valence-electron chi connectivity index (χ3n) is 6.98. The van der Waals surface area contributed by atoms with Gasteiger partial charge in [-0.1, -0.05) is 56.8 Å². The second-order valence-corrected chi connectivity index (χ2v) is 9.70. The van der Waals surface area contributed by atoms with Gasteiger partial charge in [-0.3, -0.25) is 19.2 Å². The van der Waals surface area contributed by atoms with Crippen molar-refractivity contribution in [3.8, 4) is 0 Å². The Labute approximate surface area is 188 Å². The second-order valence-electron chi connectivity index (χ2n) is 8.82. The highest BCUT2D eigenvalue weighted by Crippen LogP contribution is 2.37. The summed E-state index contributed by atoms with van der Waals surface area (Å²) in [5.41, 5.74) is 2.49. The molecule has 1 aromatic heterocycles. The van der Waals surface area contributed by atoms with Crippen LogP contribution in [-0.4, -0.2) is 27.2 Å². The molecule has 0 amide bonds. The van der Waals surface area contributed by atoms with Crippen LogP contribution in [0.5, 0.6) is 0 Å². The first kappa shape index (κ1) is 21.7. The molecule has 0 N–H and O–H groups in total. The first-order valence-electron chi connectivity index (χ1n) is 10.9. The molecule has 1 aromatic carbocycles. The lowest BCUT2D eigenvalue weighted by atomic mass is 9.77. The Bertz CT molecular complexity index is 985. The van der Waals surface area contributed by atoms with Gasteiger partial charge >= 0.3 is 0 Å². The van der Waals surface area contributed by atoms with Crippen LogP contribution in [0.3, 0.4) is 0 Å². The third-order valence-corrected chi connectivity index (χ3v) is 7.42. The Hall–Kier alpha value is -1.56. The maximum absolute atomic E-state index is 13.4. The highest BCUT2D eigenvalue weighted by molar-refractivity contribution is 6.35. The molecule has 3 unspecified atom stereocenters. The van der Waals surface area contributed by atoms with E-state index in [-0.39, 0.29) is 5.56 Å². The molecule has 0 saturated heterocycles. The summed E-state index contributed by atoms with van der Waals surface area (Å²) in [6.07, 6.45) is 4.33. The second kappa shape index (κ2) is 8.52. The fourth-order valence-electron chi connectivity index (χ4n) is 5.07. The van der Waals surface area contributed by atoms with Gasteiger partial charge in [-0.15, -0.1) is 0 Å². The lowest BCUT2D eigenvalue weighted by Gasteiger charge is -2.46. The van der Waals surface area contributed by atoms with Crippen molar-refractivity contribution in [1.29, 1.82) is 0 Å². The molecule has 2 aromatic rings. The van der Waals surface area contributed by atoms with Crippen LogP contribution in [0.1, 0.15) is 51.3 Å². The monoisotopic (exact) mass is 448 g/mol. The summed E-state index contributed by atoms with van der Waals surface area (Å²) in [7, 11) is 0. The van der Waals surface area contributed by atoms with Gasteiger partial charge in [0, 0.05) is 33.0 Å². The van der Waals surface area contributed by atoms with E-state index in [2.05, 4.69) is 23.6 Å². The van der Waals surface area contributed by atoms with Crippen molar-refractivity contribution in [2.45, 2.75) is 66.1 Å². The summed E-state index contributed by atoms with van der Waals surface area (Å²) < 4.78 is 1.83. The van der Waals surface area contributed by atoms with E-state index in [1.165, 1.54) is 12.8 Å². The van der Waals surface area contributed by atoms with Crippen LogP contribution in [-0.2, 0) is 13.1 Å². The lowest BCUT2D eigenvalue weighted by Crippen LogP contribution is -2.54. The van der Waals surface area contributed by atoms with E-state index in [0.717, 1.165) is 23.4 Å². The highest BCUT2D eigenvalue weighted by Gasteiger charge is 2.36. The third kappa shape index (κ3) is 3.88. The van der Waals surface area contributed by atoms with Gasteiger partial charge in [0.05, 0.1) is 13.3 Å². The minimum absolute atomic E-state index is 0.0549. The largest absolute Gasteiger partial charge is 0.298 e. The molecule has 0 spiro atoms. The van der Waals surface area contributed by atoms with Crippen molar-refractivity contribution in [3.63, 3.8) is 0 Å². The van der Waals surface area contributed by atoms with Gasteiger partial charge in [0.1, 0.15) is 0 Å². The van der Waals surface area contributed by atoms with Gasteiger partial charge in [-0.25, -0.2) is 4.98 Å². The number of benzene rings is 1. The predicted molar refractivity (Wildman–Crippen MR) is 124 cm³/mol. The average molecular weight is 449 g/mol. The smallest absolute Gasteiger partial charge is 0.259 e. The zero-order chi connectivity index (χ0) is 21.6. The molecule has 1 aliphatic heterocycles. The van der Waals surface area contributed by atoms with Crippen molar-refractivity contribution < 1.29 is 0 Å². The van der Waals surface area contributed by atoms with Crippen LogP contribution in [0.4, 0.5) is 11.6 Å². The molecule has 162 valence electrons. The van der Waals surface area contributed by atoms with Crippen LogP contribution >= 0.6 is 23.2 Å². The number of nitrogens with zero attached hydrogens (tertiary/aromatic N) is 4. The molecule has 1 saturated carbocycles. The maximum atomic E-state index is 13.4. The Morgan fingerprint density at radius 3 is 2.47 bits per heavy atom. The normalized spacial score (nSPS) is 24.7. The molecule has 0 bridgehead atoms. The minimum atomic E-state index is 0.0549. The van der Waals surface area contributed by atoms with Crippen molar-refractivity contribution in [2.24, 2.45) is 11.8 Å². The lowest BCUT2D eigenvalue weighted by molar-refractivity contribution is 0.0491. The number of rotatable bonds is 3. The molecular formula is C23H30Cl2N4O.